The summed E-state index contributed by atoms with van der Waals surface area (Å²) in [5, 5.41) is 0. The van der Waals surface area contributed by atoms with Crippen LogP contribution in [-0.4, -0.2) is 6.10 Å². The van der Waals surface area contributed by atoms with Crippen LogP contribution in [0.25, 0.3) is 0 Å². The number of benzene rings is 1. The van der Waals surface area contributed by atoms with Crippen LogP contribution in [0.3, 0.4) is 0 Å². The number of ether oxygens (including phenoxy) is 1. The number of hydrogen-bond acceptors (Lipinski definition) is 2. The Balaban J connectivity index is 1.47. The first-order valence-electron chi connectivity index (χ1n) is 9.86. The molecule has 3 unspecified atom stereocenters. The van der Waals surface area contributed by atoms with Crippen molar-refractivity contribution in [1.29, 1.82) is 0 Å². The third-order valence-corrected chi connectivity index (χ3v) is 6.89. The SMILES string of the molecule is CC1(C)CC2CC2(c2occ3c2CCCC3)C1OCc1ccccc1. The van der Waals surface area contributed by atoms with Gasteiger partial charge in [0.2, 0.25) is 0 Å². The van der Waals surface area contributed by atoms with Crippen LogP contribution in [0.1, 0.15) is 62.0 Å². The predicted octanol–water partition coefficient (Wildman–Crippen LogP) is 5.43. The molecule has 1 aromatic carbocycles. The van der Waals surface area contributed by atoms with E-state index >= 15 is 0 Å². The van der Waals surface area contributed by atoms with Gasteiger partial charge >= 0.3 is 0 Å². The number of rotatable bonds is 4. The third kappa shape index (κ3) is 2.33. The van der Waals surface area contributed by atoms with Crippen molar-refractivity contribution in [1.82, 2.24) is 0 Å². The zero-order valence-electron chi connectivity index (χ0n) is 15.4. The summed E-state index contributed by atoms with van der Waals surface area (Å²) in [6, 6.07) is 10.6. The number of fused-ring (bicyclic) bond motifs is 2. The van der Waals surface area contributed by atoms with E-state index in [9.17, 15) is 0 Å². The zero-order valence-corrected chi connectivity index (χ0v) is 15.4. The van der Waals surface area contributed by atoms with Crippen LogP contribution in [0.4, 0.5) is 0 Å². The van der Waals surface area contributed by atoms with E-state index in [-0.39, 0.29) is 16.9 Å². The van der Waals surface area contributed by atoms with E-state index in [0.717, 1.165) is 5.92 Å². The molecule has 3 atom stereocenters. The van der Waals surface area contributed by atoms with Crippen LogP contribution in [0.5, 0.6) is 0 Å². The molecule has 3 aliphatic carbocycles. The molecule has 2 nitrogen and oxygen atoms in total. The molecular weight excluding hydrogens is 308 g/mol. The first-order chi connectivity index (χ1) is 12.1. The highest BCUT2D eigenvalue weighted by atomic mass is 16.5. The van der Waals surface area contributed by atoms with Crippen molar-refractivity contribution in [3.63, 3.8) is 0 Å². The smallest absolute Gasteiger partial charge is 0.116 e. The summed E-state index contributed by atoms with van der Waals surface area (Å²) >= 11 is 0. The number of hydrogen-bond donors (Lipinski definition) is 0. The fourth-order valence-corrected chi connectivity index (χ4v) is 5.80. The van der Waals surface area contributed by atoms with Crippen molar-refractivity contribution in [2.45, 2.75) is 70.5 Å². The van der Waals surface area contributed by atoms with Crippen LogP contribution in [-0.2, 0) is 29.6 Å². The second-order valence-electron chi connectivity index (χ2n) is 9.09. The van der Waals surface area contributed by atoms with Crippen molar-refractivity contribution in [2.24, 2.45) is 11.3 Å². The highest BCUT2D eigenvalue weighted by Gasteiger charge is 2.72. The fourth-order valence-electron chi connectivity index (χ4n) is 5.80. The average molecular weight is 336 g/mol. The zero-order chi connectivity index (χ0) is 17.1. The molecular formula is C23H28O2. The lowest BCUT2D eigenvalue weighted by atomic mass is 9.79. The third-order valence-electron chi connectivity index (χ3n) is 6.89. The first kappa shape index (κ1) is 15.7. The summed E-state index contributed by atoms with van der Waals surface area (Å²) < 4.78 is 12.9. The maximum Gasteiger partial charge on any atom is 0.116 e. The van der Waals surface area contributed by atoms with E-state index in [1.807, 2.05) is 6.26 Å². The summed E-state index contributed by atoms with van der Waals surface area (Å²) in [4.78, 5) is 0. The van der Waals surface area contributed by atoms with Gasteiger partial charge in [-0.2, -0.15) is 0 Å². The molecule has 2 heteroatoms. The molecule has 0 N–H and O–H groups in total. The van der Waals surface area contributed by atoms with Gasteiger partial charge in [0.15, 0.2) is 0 Å². The molecule has 0 amide bonds. The van der Waals surface area contributed by atoms with Gasteiger partial charge in [0.05, 0.1) is 24.4 Å². The Hall–Kier alpha value is -1.54. The first-order valence-corrected chi connectivity index (χ1v) is 9.86. The second-order valence-corrected chi connectivity index (χ2v) is 9.09. The molecule has 1 heterocycles. The normalized spacial score (nSPS) is 32.2. The number of furan rings is 1. The molecule has 1 aromatic heterocycles. The molecule has 0 aliphatic heterocycles. The van der Waals surface area contributed by atoms with E-state index < -0.39 is 0 Å². The standard InChI is InChI=1S/C23H28O2/c1-22(2)12-18-13-23(18,20-19-11-7-6-10-17(19)15-24-20)21(22)25-14-16-8-4-3-5-9-16/h3-5,8-9,15,18,21H,6-7,10-14H2,1-2H3. The number of aryl methyl sites for hydroxylation is 1. The van der Waals surface area contributed by atoms with Gasteiger partial charge in [-0.25, -0.2) is 0 Å². The lowest BCUT2D eigenvalue weighted by Crippen LogP contribution is -2.38. The van der Waals surface area contributed by atoms with Crippen LogP contribution < -0.4 is 0 Å². The molecule has 3 aliphatic rings. The van der Waals surface area contributed by atoms with Crippen LogP contribution in [0.2, 0.25) is 0 Å². The molecule has 0 bridgehead atoms. The molecule has 2 saturated carbocycles. The van der Waals surface area contributed by atoms with E-state index in [4.69, 9.17) is 9.15 Å². The van der Waals surface area contributed by atoms with Crippen molar-refractivity contribution in [3.05, 3.63) is 59.0 Å². The van der Waals surface area contributed by atoms with Crippen molar-refractivity contribution in [2.75, 3.05) is 0 Å². The van der Waals surface area contributed by atoms with E-state index in [1.54, 1.807) is 0 Å². The maximum atomic E-state index is 6.62. The summed E-state index contributed by atoms with van der Waals surface area (Å²) in [5.74, 6) is 2.02. The topological polar surface area (TPSA) is 22.4 Å². The van der Waals surface area contributed by atoms with E-state index in [0.29, 0.717) is 6.61 Å². The Morgan fingerprint density at radius 1 is 1.08 bits per heavy atom. The quantitative estimate of drug-likeness (QED) is 0.742. The fraction of sp³-hybridized carbons (Fsp3) is 0.565. The molecule has 25 heavy (non-hydrogen) atoms. The lowest BCUT2D eigenvalue weighted by Gasteiger charge is -2.34. The summed E-state index contributed by atoms with van der Waals surface area (Å²) in [6.07, 6.45) is 9.80. The van der Waals surface area contributed by atoms with Crippen molar-refractivity contribution < 1.29 is 9.15 Å². The van der Waals surface area contributed by atoms with E-state index in [2.05, 4.69) is 44.2 Å². The largest absolute Gasteiger partial charge is 0.468 e. The Kier molecular flexibility index (Phi) is 3.44. The Morgan fingerprint density at radius 3 is 2.72 bits per heavy atom. The summed E-state index contributed by atoms with van der Waals surface area (Å²) in [6.45, 7) is 5.46. The molecule has 2 fully saturated rings. The predicted molar refractivity (Wildman–Crippen MR) is 98.6 cm³/mol. The molecule has 132 valence electrons. The van der Waals surface area contributed by atoms with Gasteiger partial charge in [-0.3, -0.25) is 0 Å². The second kappa shape index (κ2) is 5.48. The monoisotopic (exact) mass is 336 g/mol. The molecule has 0 spiro atoms. The van der Waals surface area contributed by atoms with E-state index in [1.165, 1.54) is 61.0 Å². The maximum absolute atomic E-state index is 6.62. The Morgan fingerprint density at radius 2 is 1.88 bits per heavy atom. The Bertz CT molecular complexity index is 773. The minimum Gasteiger partial charge on any atom is -0.468 e. The molecule has 5 rings (SSSR count). The van der Waals surface area contributed by atoms with Crippen molar-refractivity contribution in [3.8, 4) is 0 Å². The minimum atomic E-state index is 0.142. The van der Waals surface area contributed by atoms with Gasteiger partial charge < -0.3 is 9.15 Å². The summed E-state index contributed by atoms with van der Waals surface area (Å²) in [5.41, 5.74) is 4.61. The van der Waals surface area contributed by atoms with Gasteiger partial charge in [-0.1, -0.05) is 44.2 Å². The highest BCUT2D eigenvalue weighted by Crippen LogP contribution is 2.71. The lowest BCUT2D eigenvalue weighted by molar-refractivity contribution is -0.0459. The van der Waals surface area contributed by atoms with Crippen LogP contribution >= 0.6 is 0 Å². The average Bonchev–Trinajstić information content (AvgIpc) is 3.03. The molecule has 0 radical (unpaired) electrons. The van der Waals surface area contributed by atoms with Gasteiger partial charge in [0.1, 0.15) is 5.76 Å². The minimum absolute atomic E-state index is 0.142. The van der Waals surface area contributed by atoms with Crippen molar-refractivity contribution >= 4 is 0 Å². The van der Waals surface area contributed by atoms with Gasteiger partial charge in [0.25, 0.3) is 0 Å². The van der Waals surface area contributed by atoms with Gasteiger partial charge in [-0.15, -0.1) is 0 Å². The highest BCUT2D eigenvalue weighted by molar-refractivity contribution is 5.43. The molecule has 2 aromatic rings. The molecule has 0 saturated heterocycles. The van der Waals surface area contributed by atoms with Gasteiger partial charge in [-0.05, 0) is 66.5 Å². The Labute approximate surface area is 150 Å². The van der Waals surface area contributed by atoms with Crippen LogP contribution in [0, 0.1) is 11.3 Å². The summed E-state index contributed by atoms with van der Waals surface area (Å²) in [7, 11) is 0. The van der Waals surface area contributed by atoms with Crippen LogP contribution in [0.15, 0.2) is 41.0 Å². The van der Waals surface area contributed by atoms with Gasteiger partial charge in [0, 0.05) is 0 Å².